The van der Waals surface area contributed by atoms with Gasteiger partial charge in [-0.25, -0.2) is 4.79 Å². The smallest absolute Gasteiger partial charge is 0.326 e. The number of rotatable bonds is 19. The zero-order valence-corrected chi connectivity index (χ0v) is 33.5. The lowest BCUT2D eigenvalue weighted by atomic mass is 10.0. The van der Waals surface area contributed by atoms with E-state index in [4.69, 9.17) is 5.73 Å². The summed E-state index contributed by atoms with van der Waals surface area (Å²) in [5, 5.41) is 31.9. The Balaban J connectivity index is 1.16. The van der Waals surface area contributed by atoms with Gasteiger partial charge >= 0.3 is 5.97 Å². The molecule has 0 radical (unpaired) electrons. The van der Waals surface area contributed by atoms with Crippen molar-refractivity contribution in [2.45, 2.75) is 74.8 Å². The van der Waals surface area contributed by atoms with Crippen molar-refractivity contribution in [2.24, 2.45) is 5.73 Å². The Morgan fingerprint density at radius 3 is 1.67 bits per heavy atom. The van der Waals surface area contributed by atoms with E-state index in [0.717, 1.165) is 22.0 Å². The number of nitrogens with zero attached hydrogens (tertiary/aromatic N) is 1. The Hall–Kier alpha value is -6.84. The minimum atomic E-state index is -1.50. The number of likely N-dealkylation sites (tertiary alicyclic amines) is 1. The van der Waals surface area contributed by atoms with Crippen molar-refractivity contribution in [3.8, 4) is 0 Å². The predicted molar refractivity (Wildman–Crippen MR) is 228 cm³/mol. The third-order valence-corrected chi connectivity index (χ3v) is 10.8. The fourth-order valence-electron chi connectivity index (χ4n) is 7.58. The molecule has 15 heteroatoms. The number of H-pyrrole nitrogens is 1. The lowest BCUT2D eigenvalue weighted by Gasteiger charge is -2.30. The summed E-state index contributed by atoms with van der Waals surface area (Å²) in [7, 11) is 0. The lowest BCUT2D eigenvalue weighted by molar-refractivity contribution is -0.145. The number of carbonyl (C=O) groups is 6. The van der Waals surface area contributed by atoms with Crippen LogP contribution < -0.4 is 27.0 Å². The van der Waals surface area contributed by atoms with Gasteiger partial charge in [0, 0.05) is 42.9 Å². The number of hydrogen-bond acceptors (Lipinski definition) is 8. The van der Waals surface area contributed by atoms with Crippen LogP contribution in [0, 0.1) is 0 Å². The van der Waals surface area contributed by atoms with Gasteiger partial charge in [0.1, 0.15) is 30.2 Å². The average molecular weight is 830 g/mol. The molecule has 1 aliphatic rings. The van der Waals surface area contributed by atoms with Crippen LogP contribution >= 0.6 is 0 Å². The summed E-state index contributed by atoms with van der Waals surface area (Å²) in [5.74, 6) is -4.70. The van der Waals surface area contributed by atoms with Gasteiger partial charge in [-0.15, -0.1) is 0 Å². The fraction of sp³-hybridized carbons (Fsp3) is 0.304. The first-order valence-electron chi connectivity index (χ1n) is 20.3. The molecule has 1 aromatic heterocycles. The third-order valence-electron chi connectivity index (χ3n) is 10.8. The molecule has 6 rings (SSSR count). The van der Waals surface area contributed by atoms with Crippen molar-refractivity contribution in [3.63, 3.8) is 0 Å². The number of hydrogen-bond donors (Lipinski definition) is 8. The summed E-state index contributed by atoms with van der Waals surface area (Å²) in [6.45, 7) is -0.693. The lowest BCUT2D eigenvalue weighted by Crippen LogP contribution is -2.60. The summed E-state index contributed by atoms with van der Waals surface area (Å²) >= 11 is 0. The van der Waals surface area contributed by atoms with E-state index in [1.165, 1.54) is 4.90 Å². The molecule has 4 aromatic carbocycles. The maximum Gasteiger partial charge on any atom is 0.326 e. The number of aromatic nitrogens is 1. The van der Waals surface area contributed by atoms with Gasteiger partial charge in [-0.1, -0.05) is 109 Å². The number of aliphatic hydroxyl groups excluding tert-OH is 1. The molecule has 5 aromatic rings. The van der Waals surface area contributed by atoms with Crippen LogP contribution in [0.25, 0.3) is 10.9 Å². The van der Waals surface area contributed by atoms with Crippen LogP contribution in [0.4, 0.5) is 0 Å². The molecule has 15 nitrogen and oxygen atoms in total. The van der Waals surface area contributed by atoms with Crippen molar-refractivity contribution in [2.75, 3.05) is 13.2 Å². The molecule has 1 saturated heterocycles. The molecule has 0 unspecified atom stereocenters. The van der Waals surface area contributed by atoms with Gasteiger partial charge in [0.25, 0.3) is 0 Å². The Morgan fingerprint density at radius 1 is 0.639 bits per heavy atom. The molecule has 318 valence electrons. The maximum atomic E-state index is 14.2. The monoisotopic (exact) mass is 829 g/mol. The molecule has 0 spiro atoms. The minimum absolute atomic E-state index is 0.0103. The first-order chi connectivity index (χ1) is 29.5. The molecule has 6 atom stereocenters. The van der Waals surface area contributed by atoms with E-state index in [2.05, 4.69) is 26.3 Å². The van der Waals surface area contributed by atoms with E-state index < -0.39 is 78.4 Å². The predicted octanol–water partition coefficient (Wildman–Crippen LogP) is 1.77. The number of carboxylic acid groups (broad SMARTS) is 1. The highest BCUT2D eigenvalue weighted by molar-refractivity contribution is 5.97. The highest BCUT2D eigenvalue weighted by atomic mass is 16.4. The first-order valence-corrected chi connectivity index (χ1v) is 20.3. The SMILES string of the molecule is N[C@@H](Cc1c[nH]c2ccccc12)C(=O)N[C@@H](Cc1ccccc1)C(=O)N[C@@H](Cc1ccccc1)C(=O)N[C@@H](CO)C(=O)N1CCC[C@H]1C(=O)N[C@@H](Cc1ccccc1)C(=O)O. The Bertz CT molecular complexity index is 2290. The number of nitrogens with two attached hydrogens (primary N) is 1. The van der Waals surface area contributed by atoms with Gasteiger partial charge in [-0.2, -0.15) is 0 Å². The van der Waals surface area contributed by atoms with Crippen LogP contribution in [0.5, 0.6) is 0 Å². The zero-order valence-electron chi connectivity index (χ0n) is 33.5. The molecular formula is C46H51N7O8. The molecule has 61 heavy (non-hydrogen) atoms. The summed E-state index contributed by atoms with van der Waals surface area (Å²) < 4.78 is 0. The number of fused-ring (bicyclic) bond motifs is 1. The maximum absolute atomic E-state index is 14.2. The summed E-state index contributed by atoms with van der Waals surface area (Å²) in [5.41, 5.74) is 10.3. The Labute approximate surface area is 353 Å². The van der Waals surface area contributed by atoms with E-state index in [1.807, 2.05) is 30.3 Å². The second-order valence-corrected chi connectivity index (χ2v) is 15.2. The fourth-order valence-corrected chi connectivity index (χ4v) is 7.58. The van der Waals surface area contributed by atoms with Crippen LogP contribution in [0.3, 0.4) is 0 Å². The average Bonchev–Trinajstić information content (AvgIpc) is 3.93. The molecule has 5 amide bonds. The first kappa shape index (κ1) is 43.7. The van der Waals surface area contributed by atoms with E-state index in [0.29, 0.717) is 17.5 Å². The largest absolute Gasteiger partial charge is 0.480 e. The summed E-state index contributed by atoms with van der Waals surface area (Å²) in [6, 6.07) is 27.1. The topological polar surface area (TPSA) is 236 Å². The van der Waals surface area contributed by atoms with Crippen molar-refractivity contribution < 1.29 is 39.0 Å². The normalized spacial score (nSPS) is 16.1. The molecule has 0 aliphatic carbocycles. The molecular weight excluding hydrogens is 779 g/mol. The number of aromatic amines is 1. The number of carbonyl (C=O) groups excluding carboxylic acids is 5. The van der Waals surface area contributed by atoms with Crippen molar-refractivity contribution in [3.05, 3.63) is 144 Å². The molecule has 1 fully saturated rings. The van der Waals surface area contributed by atoms with Gasteiger partial charge in [0.2, 0.25) is 29.5 Å². The van der Waals surface area contributed by atoms with Gasteiger partial charge in [-0.05, 0) is 47.6 Å². The highest BCUT2D eigenvalue weighted by Gasteiger charge is 2.40. The zero-order chi connectivity index (χ0) is 43.3. The second-order valence-electron chi connectivity index (χ2n) is 15.2. The van der Waals surface area contributed by atoms with E-state index >= 15 is 0 Å². The van der Waals surface area contributed by atoms with Gasteiger partial charge in [-0.3, -0.25) is 24.0 Å². The summed E-state index contributed by atoms with van der Waals surface area (Å²) in [6.07, 6.45) is 2.75. The van der Waals surface area contributed by atoms with Crippen molar-refractivity contribution in [1.29, 1.82) is 0 Å². The minimum Gasteiger partial charge on any atom is -0.480 e. The molecule has 2 heterocycles. The van der Waals surface area contributed by atoms with E-state index in [1.54, 1.807) is 91.1 Å². The second kappa shape index (κ2) is 20.9. The Kier molecular flexibility index (Phi) is 15.0. The van der Waals surface area contributed by atoms with Crippen molar-refractivity contribution >= 4 is 46.4 Å². The number of carboxylic acids is 1. The van der Waals surface area contributed by atoms with Gasteiger partial charge in [0.15, 0.2) is 0 Å². The van der Waals surface area contributed by atoms with Crippen LogP contribution in [-0.4, -0.2) is 105 Å². The highest BCUT2D eigenvalue weighted by Crippen LogP contribution is 2.21. The third kappa shape index (κ3) is 11.7. The molecule has 1 aliphatic heterocycles. The van der Waals surface area contributed by atoms with Gasteiger partial charge < -0.3 is 47.1 Å². The number of para-hydroxylation sites is 1. The van der Waals surface area contributed by atoms with Gasteiger partial charge in [0.05, 0.1) is 12.6 Å². The number of nitrogens with one attached hydrogen (secondary N) is 5. The standard InChI is InChI=1S/C46H51N7O8/c47-34(26-32-27-48-35-20-11-10-19-33(32)35)41(55)49-36(23-29-13-4-1-5-14-29)42(56)50-37(24-30-15-6-2-7-16-30)43(57)52-39(28-54)45(59)53-22-12-21-40(53)44(58)51-38(46(60)61)25-31-17-8-3-9-18-31/h1-11,13-20,27,34,36-40,48,54H,12,21-26,28,47H2,(H,49,55)(H,50,56)(H,51,58)(H,52,57)(H,60,61)/t34-,36-,37-,38-,39-,40-/m0/s1. The molecule has 9 N–H and O–H groups in total. The number of amides is 5. The number of aliphatic carboxylic acids is 1. The number of aliphatic hydroxyl groups is 1. The summed E-state index contributed by atoms with van der Waals surface area (Å²) in [4.78, 5) is 85.8. The Morgan fingerprint density at radius 2 is 1.13 bits per heavy atom. The van der Waals surface area contributed by atoms with Crippen LogP contribution in [0.15, 0.2) is 121 Å². The van der Waals surface area contributed by atoms with E-state index in [-0.39, 0.29) is 38.6 Å². The van der Waals surface area contributed by atoms with Crippen LogP contribution in [0.1, 0.15) is 35.1 Å². The molecule has 0 bridgehead atoms. The molecule has 0 saturated carbocycles. The van der Waals surface area contributed by atoms with Crippen molar-refractivity contribution in [1.82, 2.24) is 31.2 Å². The van der Waals surface area contributed by atoms with Crippen LogP contribution in [0.2, 0.25) is 0 Å². The quantitative estimate of drug-likeness (QED) is 0.0605. The van der Waals surface area contributed by atoms with Crippen LogP contribution in [-0.2, 0) is 54.5 Å². The number of benzene rings is 4. The van der Waals surface area contributed by atoms with E-state index in [9.17, 15) is 39.0 Å².